The second-order valence-corrected chi connectivity index (χ2v) is 6.31. The van der Waals surface area contributed by atoms with Crippen molar-refractivity contribution in [1.29, 1.82) is 0 Å². The van der Waals surface area contributed by atoms with Gasteiger partial charge in [-0.25, -0.2) is 0 Å². The predicted molar refractivity (Wildman–Crippen MR) is 102 cm³/mol. The van der Waals surface area contributed by atoms with E-state index in [2.05, 4.69) is 18.5 Å². The van der Waals surface area contributed by atoms with Gasteiger partial charge in [-0.2, -0.15) is 0 Å². The third-order valence-corrected chi connectivity index (χ3v) is 4.89. The van der Waals surface area contributed by atoms with Crippen LogP contribution in [0.4, 0.5) is 11.4 Å². The zero-order valence-electron chi connectivity index (χ0n) is 14.3. The van der Waals surface area contributed by atoms with E-state index in [0.717, 1.165) is 11.3 Å². The van der Waals surface area contributed by atoms with Gasteiger partial charge in [-0.1, -0.05) is 42.5 Å². The topological polar surface area (TPSA) is 52.7 Å². The van der Waals surface area contributed by atoms with Crippen LogP contribution in [0.25, 0.3) is 0 Å². The molecule has 130 valence electrons. The molecule has 1 N–H and O–H groups in total. The molecule has 2 aliphatic heterocycles. The molecule has 0 unspecified atom stereocenters. The lowest BCUT2D eigenvalue weighted by atomic mass is 9.93. The van der Waals surface area contributed by atoms with Crippen LogP contribution in [0, 0.1) is 0 Å². The summed E-state index contributed by atoms with van der Waals surface area (Å²) in [6, 6.07) is 14.8. The van der Waals surface area contributed by atoms with Crippen LogP contribution < -0.4 is 10.2 Å². The lowest BCUT2D eigenvalue weighted by Gasteiger charge is -2.44. The van der Waals surface area contributed by atoms with E-state index in [-0.39, 0.29) is 18.4 Å². The summed E-state index contributed by atoms with van der Waals surface area (Å²) < 4.78 is 0. The molecule has 0 saturated heterocycles. The van der Waals surface area contributed by atoms with E-state index in [1.54, 1.807) is 28.0 Å². The third-order valence-electron chi connectivity index (χ3n) is 4.89. The predicted octanol–water partition coefficient (Wildman–Crippen LogP) is 3.13. The number of nitrogens with one attached hydrogen (secondary N) is 1. The van der Waals surface area contributed by atoms with Gasteiger partial charge in [0, 0.05) is 24.3 Å². The number of hydrogen-bond donors (Lipinski definition) is 1. The van der Waals surface area contributed by atoms with Crippen molar-refractivity contribution < 1.29 is 9.59 Å². The Morgan fingerprint density at radius 2 is 1.65 bits per heavy atom. The molecule has 26 heavy (non-hydrogen) atoms. The Morgan fingerprint density at radius 3 is 2.42 bits per heavy atom. The highest BCUT2D eigenvalue weighted by Gasteiger charge is 2.58. The van der Waals surface area contributed by atoms with Gasteiger partial charge in [0.25, 0.3) is 11.8 Å². The largest absolute Gasteiger partial charge is 0.350 e. The van der Waals surface area contributed by atoms with Crippen molar-refractivity contribution in [3.63, 3.8) is 0 Å². The molecule has 2 aromatic carbocycles. The number of fused-ring (bicyclic) bond motifs is 3. The van der Waals surface area contributed by atoms with Crippen molar-refractivity contribution in [1.82, 2.24) is 4.90 Å². The Bertz CT molecular complexity index is 936. The van der Waals surface area contributed by atoms with Crippen molar-refractivity contribution >= 4 is 23.2 Å². The van der Waals surface area contributed by atoms with Crippen LogP contribution in [0.15, 0.2) is 73.8 Å². The molecule has 5 heteroatoms. The molecule has 1 atom stereocenters. The molecule has 5 nitrogen and oxygen atoms in total. The molecular weight excluding hydrogens is 326 g/mol. The fourth-order valence-corrected chi connectivity index (χ4v) is 3.81. The minimum atomic E-state index is -1.28. The second-order valence-electron chi connectivity index (χ2n) is 6.31. The first-order valence-electron chi connectivity index (χ1n) is 8.47. The van der Waals surface area contributed by atoms with Crippen molar-refractivity contribution in [2.45, 2.75) is 5.66 Å². The van der Waals surface area contributed by atoms with Crippen LogP contribution in [0.2, 0.25) is 0 Å². The highest BCUT2D eigenvalue weighted by atomic mass is 16.2. The molecule has 0 bridgehead atoms. The Hall–Kier alpha value is -3.34. The summed E-state index contributed by atoms with van der Waals surface area (Å²) in [5, 5.41) is 3.36. The standard InChI is InChI=1S/C21H19N3O2/c1-3-13-23-18-12-8-6-10-16(18)21(20(23)26)22-17-11-7-5-9-15(17)19(25)24(21)14-4-2/h3-12,22H,1-2,13-14H2/t21-/m0/s1. The smallest absolute Gasteiger partial charge is 0.279 e. The summed E-state index contributed by atoms with van der Waals surface area (Å²) in [4.78, 5) is 30.0. The van der Waals surface area contributed by atoms with Crippen molar-refractivity contribution in [3.8, 4) is 0 Å². The van der Waals surface area contributed by atoms with Crippen molar-refractivity contribution in [2.24, 2.45) is 0 Å². The molecular formula is C21H19N3O2. The van der Waals surface area contributed by atoms with Crippen molar-refractivity contribution in [3.05, 3.63) is 85.0 Å². The molecule has 4 rings (SSSR count). The summed E-state index contributed by atoms with van der Waals surface area (Å²) in [6.07, 6.45) is 3.32. The molecule has 0 aliphatic carbocycles. The molecule has 1 spiro atoms. The number of anilines is 2. The van der Waals surface area contributed by atoms with Crippen LogP contribution >= 0.6 is 0 Å². The number of para-hydroxylation sites is 2. The summed E-state index contributed by atoms with van der Waals surface area (Å²) in [5.74, 6) is -0.383. The summed E-state index contributed by atoms with van der Waals surface area (Å²) in [6.45, 7) is 8.16. The van der Waals surface area contributed by atoms with Gasteiger partial charge in [0.15, 0.2) is 0 Å². The fraction of sp³-hybridized carbons (Fsp3) is 0.143. The van der Waals surface area contributed by atoms with E-state index >= 15 is 0 Å². The molecule has 0 radical (unpaired) electrons. The van der Waals surface area contributed by atoms with Gasteiger partial charge in [0.1, 0.15) is 0 Å². The molecule has 2 amide bonds. The zero-order valence-corrected chi connectivity index (χ0v) is 14.3. The summed E-state index contributed by atoms with van der Waals surface area (Å²) >= 11 is 0. The van der Waals surface area contributed by atoms with E-state index in [1.807, 2.05) is 42.5 Å². The Balaban J connectivity index is 1.98. The lowest BCUT2D eigenvalue weighted by Crippen LogP contribution is -2.62. The summed E-state index contributed by atoms with van der Waals surface area (Å²) in [7, 11) is 0. The number of carbonyl (C=O) groups is 2. The number of amides is 2. The molecule has 0 fully saturated rings. The monoisotopic (exact) mass is 345 g/mol. The third kappa shape index (κ3) is 1.97. The van der Waals surface area contributed by atoms with Gasteiger partial charge in [0.05, 0.1) is 11.3 Å². The first kappa shape index (κ1) is 16.1. The lowest BCUT2D eigenvalue weighted by molar-refractivity contribution is -0.127. The maximum atomic E-state index is 13.6. The van der Waals surface area contributed by atoms with E-state index < -0.39 is 5.66 Å². The quantitative estimate of drug-likeness (QED) is 0.866. The summed E-state index contributed by atoms with van der Waals surface area (Å²) in [5.41, 5.74) is 1.47. The van der Waals surface area contributed by atoms with Crippen LogP contribution in [0.5, 0.6) is 0 Å². The van der Waals surface area contributed by atoms with Gasteiger partial charge < -0.3 is 10.2 Å². The number of rotatable bonds is 4. The fourth-order valence-electron chi connectivity index (χ4n) is 3.81. The highest BCUT2D eigenvalue weighted by Crippen LogP contribution is 2.47. The van der Waals surface area contributed by atoms with Crippen molar-refractivity contribution in [2.75, 3.05) is 23.3 Å². The number of carbonyl (C=O) groups excluding carboxylic acids is 2. The first-order valence-corrected chi connectivity index (χ1v) is 8.47. The molecule has 0 saturated carbocycles. The van der Waals surface area contributed by atoms with E-state index in [4.69, 9.17) is 0 Å². The van der Waals surface area contributed by atoms with Crippen LogP contribution in [0.1, 0.15) is 15.9 Å². The molecule has 0 aromatic heterocycles. The van der Waals surface area contributed by atoms with Crippen LogP contribution in [-0.2, 0) is 10.5 Å². The van der Waals surface area contributed by atoms with E-state index in [1.165, 1.54) is 0 Å². The first-order chi connectivity index (χ1) is 12.6. The number of hydrogen-bond acceptors (Lipinski definition) is 3. The number of nitrogens with zero attached hydrogens (tertiary/aromatic N) is 2. The maximum absolute atomic E-state index is 13.6. The van der Waals surface area contributed by atoms with Gasteiger partial charge >= 0.3 is 0 Å². The highest BCUT2D eigenvalue weighted by molar-refractivity contribution is 6.15. The number of benzene rings is 2. The van der Waals surface area contributed by atoms with Gasteiger partial charge in [-0.05, 0) is 18.2 Å². The second kappa shape index (κ2) is 5.88. The van der Waals surface area contributed by atoms with Gasteiger partial charge in [-0.15, -0.1) is 13.2 Å². The Morgan fingerprint density at radius 1 is 0.962 bits per heavy atom. The minimum absolute atomic E-state index is 0.191. The van der Waals surface area contributed by atoms with Crippen LogP contribution in [-0.4, -0.2) is 29.8 Å². The molecule has 2 aromatic rings. The molecule has 2 aliphatic rings. The average molecular weight is 345 g/mol. The van der Waals surface area contributed by atoms with E-state index in [0.29, 0.717) is 17.8 Å². The Kier molecular flexibility index (Phi) is 3.65. The van der Waals surface area contributed by atoms with Gasteiger partial charge in [-0.3, -0.25) is 14.5 Å². The van der Waals surface area contributed by atoms with Crippen LogP contribution in [0.3, 0.4) is 0 Å². The Labute approximate surface area is 152 Å². The van der Waals surface area contributed by atoms with Gasteiger partial charge in [0.2, 0.25) is 5.66 Å². The van der Waals surface area contributed by atoms with E-state index in [9.17, 15) is 9.59 Å². The SMILES string of the molecule is C=CCN1C(=O)[C@]2(Nc3ccccc3C(=O)N2CC=C)c2ccccc21. The normalized spacial score (nSPS) is 20.6. The minimum Gasteiger partial charge on any atom is -0.350 e. The maximum Gasteiger partial charge on any atom is 0.279 e. The zero-order chi connectivity index (χ0) is 18.3. The molecule has 2 heterocycles. The average Bonchev–Trinajstić information content (AvgIpc) is 2.89.